The van der Waals surface area contributed by atoms with E-state index in [1.54, 1.807) is 48.5 Å². The Morgan fingerprint density at radius 3 is 1.95 bits per heavy atom. The van der Waals surface area contributed by atoms with Crippen LogP contribution in [0.2, 0.25) is 0 Å². The van der Waals surface area contributed by atoms with Gasteiger partial charge in [0.1, 0.15) is 13.2 Å². The fraction of sp³-hybridized carbons (Fsp3) is 0.346. The Labute approximate surface area is 243 Å². The van der Waals surface area contributed by atoms with Crippen molar-refractivity contribution in [2.24, 2.45) is 0 Å². The van der Waals surface area contributed by atoms with Crippen LogP contribution < -0.4 is 26.0 Å². The molecule has 0 unspecified atom stereocenters. The lowest BCUT2D eigenvalue weighted by atomic mass is 10.1. The van der Waals surface area contributed by atoms with E-state index in [1.807, 2.05) is 0 Å². The molecule has 17 heteroatoms. The van der Waals surface area contributed by atoms with Gasteiger partial charge in [0.25, 0.3) is 0 Å². The minimum absolute atomic E-state index is 0.0620. The maximum absolute atomic E-state index is 12.8. The van der Waals surface area contributed by atoms with Crippen LogP contribution in [0.4, 0.5) is 40.3 Å². The number of alkyl carbamates (subject to hydrolysis) is 2. The molecular formula is C26H30F3N7O7. The van der Waals surface area contributed by atoms with Crippen molar-refractivity contribution in [2.45, 2.75) is 25.8 Å². The number of aliphatic hydroxyl groups is 2. The van der Waals surface area contributed by atoms with E-state index in [0.29, 0.717) is 5.69 Å². The van der Waals surface area contributed by atoms with Crippen LogP contribution in [0.5, 0.6) is 6.01 Å². The number of amides is 2. The minimum atomic E-state index is -4.61. The molecule has 3 rings (SSSR count). The average molecular weight is 610 g/mol. The summed E-state index contributed by atoms with van der Waals surface area (Å²) in [7, 11) is 0. The third kappa shape index (κ3) is 12.7. The van der Waals surface area contributed by atoms with Crippen molar-refractivity contribution in [1.29, 1.82) is 0 Å². The average Bonchev–Trinajstić information content (AvgIpc) is 2.99. The molecule has 0 radical (unpaired) electrons. The van der Waals surface area contributed by atoms with E-state index in [-0.39, 0.29) is 58.0 Å². The number of rotatable bonds is 15. The number of benzene rings is 2. The zero-order valence-corrected chi connectivity index (χ0v) is 22.7. The number of nitrogens with zero attached hydrogens (tertiary/aromatic N) is 3. The quantitative estimate of drug-likeness (QED) is 0.148. The van der Waals surface area contributed by atoms with Crippen molar-refractivity contribution in [2.75, 3.05) is 43.7 Å². The van der Waals surface area contributed by atoms with E-state index in [2.05, 4.69) is 36.2 Å². The number of carbonyl (C=O) groups is 2. The lowest BCUT2D eigenvalue weighted by Gasteiger charge is -2.13. The topological polar surface area (TPSA) is 189 Å². The largest absolute Gasteiger partial charge is 0.454 e. The lowest BCUT2D eigenvalue weighted by molar-refractivity contribution is -0.154. The molecule has 0 fully saturated rings. The Balaban J connectivity index is 1.66. The van der Waals surface area contributed by atoms with Crippen LogP contribution in [0.25, 0.3) is 0 Å². The van der Waals surface area contributed by atoms with Gasteiger partial charge in [-0.2, -0.15) is 28.1 Å². The molecule has 0 spiro atoms. The summed E-state index contributed by atoms with van der Waals surface area (Å²) in [5, 5.41) is 28.3. The molecule has 232 valence electrons. The highest BCUT2D eigenvalue weighted by atomic mass is 19.4. The number of halogens is 3. The number of ether oxygens (including phenoxy) is 3. The third-order valence-corrected chi connectivity index (χ3v) is 5.15. The van der Waals surface area contributed by atoms with Gasteiger partial charge < -0.3 is 45.7 Å². The first-order valence-electron chi connectivity index (χ1n) is 12.8. The molecule has 2 amide bonds. The number of hydrogen-bond donors (Lipinski definition) is 6. The van der Waals surface area contributed by atoms with E-state index >= 15 is 0 Å². The van der Waals surface area contributed by atoms with Gasteiger partial charge in [-0.15, -0.1) is 0 Å². The summed E-state index contributed by atoms with van der Waals surface area (Å²) in [4.78, 5) is 35.2. The molecule has 3 aromatic rings. The molecule has 1 heterocycles. The Hall–Kier alpha value is -4.90. The lowest BCUT2D eigenvalue weighted by Crippen LogP contribution is -2.24. The predicted octanol–water partition coefficient (Wildman–Crippen LogP) is 2.61. The molecule has 0 saturated heterocycles. The van der Waals surface area contributed by atoms with Crippen LogP contribution in [0.1, 0.15) is 16.7 Å². The molecule has 0 atom stereocenters. The number of anilines is 3. The number of carbonyl (C=O) groups excluding carboxylic acids is 2. The van der Waals surface area contributed by atoms with E-state index < -0.39 is 31.0 Å². The van der Waals surface area contributed by atoms with E-state index in [9.17, 15) is 22.8 Å². The SMILES string of the molecule is O=C(NCc1ccc(Nc2nc(NCc3cccc(CNC(=O)OCCO)c3)nc(OCC(F)(F)F)n2)cc1)OCCO. The maximum Gasteiger partial charge on any atom is 0.422 e. The van der Waals surface area contributed by atoms with Gasteiger partial charge >= 0.3 is 24.4 Å². The molecule has 0 aliphatic heterocycles. The van der Waals surface area contributed by atoms with Crippen molar-refractivity contribution >= 4 is 29.8 Å². The van der Waals surface area contributed by atoms with Crippen LogP contribution in [-0.4, -0.2) is 76.6 Å². The second-order valence-corrected chi connectivity index (χ2v) is 8.59. The zero-order chi connectivity index (χ0) is 31.1. The molecule has 0 bridgehead atoms. The van der Waals surface area contributed by atoms with Crippen molar-refractivity contribution in [3.63, 3.8) is 0 Å². The van der Waals surface area contributed by atoms with Gasteiger partial charge in [0.15, 0.2) is 6.61 Å². The second kappa shape index (κ2) is 16.5. The smallest absolute Gasteiger partial charge is 0.422 e. The summed E-state index contributed by atoms with van der Waals surface area (Å²) in [6, 6.07) is 13.2. The van der Waals surface area contributed by atoms with Crippen LogP contribution in [0.3, 0.4) is 0 Å². The van der Waals surface area contributed by atoms with Crippen LogP contribution in [0.15, 0.2) is 48.5 Å². The molecule has 0 aliphatic carbocycles. The van der Waals surface area contributed by atoms with Crippen LogP contribution >= 0.6 is 0 Å². The van der Waals surface area contributed by atoms with Crippen molar-refractivity contribution in [3.8, 4) is 6.01 Å². The molecule has 0 aliphatic rings. The maximum atomic E-state index is 12.8. The third-order valence-electron chi connectivity index (χ3n) is 5.15. The number of aliphatic hydroxyl groups excluding tert-OH is 2. The first kappa shape index (κ1) is 32.6. The molecule has 0 saturated carbocycles. The van der Waals surface area contributed by atoms with Gasteiger partial charge in [0.05, 0.1) is 13.2 Å². The van der Waals surface area contributed by atoms with Crippen LogP contribution in [0, 0.1) is 0 Å². The number of hydrogen-bond acceptors (Lipinski definition) is 12. The Morgan fingerprint density at radius 2 is 1.35 bits per heavy atom. The van der Waals surface area contributed by atoms with Gasteiger partial charge in [-0.25, -0.2) is 9.59 Å². The summed E-state index contributed by atoms with van der Waals surface area (Å²) in [6.07, 6.45) is -5.98. The standard InChI is InChI=1S/C26H30F3N7O7/c27-26(28,29)16-43-23-35-21(30-14-18-2-1-3-19(12-18)15-32-25(40)42-11-9-38)34-22(36-23)33-20-6-4-17(5-7-20)13-31-24(39)41-10-8-37/h1-7,12,37-38H,8-11,13-16H2,(H,31,39)(H,32,40)(H2,30,33,34,35,36). The van der Waals surface area contributed by atoms with Crippen molar-refractivity contribution in [1.82, 2.24) is 25.6 Å². The zero-order valence-electron chi connectivity index (χ0n) is 22.7. The Kier molecular flexibility index (Phi) is 12.5. The minimum Gasteiger partial charge on any atom is -0.454 e. The number of aromatic nitrogens is 3. The fourth-order valence-electron chi connectivity index (χ4n) is 3.30. The highest BCUT2D eigenvalue weighted by Gasteiger charge is 2.29. The highest BCUT2D eigenvalue weighted by molar-refractivity contribution is 5.67. The van der Waals surface area contributed by atoms with Crippen molar-refractivity contribution in [3.05, 3.63) is 65.2 Å². The Bertz CT molecular complexity index is 1330. The Morgan fingerprint density at radius 1 is 0.767 bits per heavy atom. The van der Waals surface area contributed by atoms with E-state index in [1.165, 1.54) is 0 Å². The van der Waals surface area contributed by atoms with Gasteiger partial charge in [0.2, 0.25) is 11.9 Å². The van der Waals surface area contributed by atoms with Gasteiger partial charge in [-0.05, 0) is 28.8 Å². The van der Waals surface area contributed by atoms with E-state index in [4.69, 9.17) is 24.4 Å². The highest BCUT2D eigenvalue weighted by Crippen LogP contribution is 2.21. The predicted molar refractivity (Wildman–Crippen MR) is 145 cm³/mol. The van der Waals surface area contributed by atoms with E-state index in [0.717, 1.165) is 16.7 Å². The first-order chi connectivity index (χ1) is 20.6. The summed E-state index contributed by atoms with van der Waals surface area (Å²) in [5.41, 5.74) is 2.70. The number of nitrogens with one attached hydrogen (secondary N) is 4. The molecule has 43 heavy (non-hydrogen) atoms. The van der Waals surface area contributed by atoms with Gasteiger partial charge in [-0.1, -0.05) is 36.4 Å². The summed E-state index contributed by atoms with van der Waals surface area (Å²) in [5.74, 6) is -0.152. The molecule has 6 N–H and O–H groups in total. The second-order valence-electron chi connectivity index (χ2n) is 8.59. The van der Waals surface area contributed by atoms with Crippen LogP contribution in [-0.2, 0) is 29.1 Å². The van der Waals surface area contributed by atoms with Crippen molar-refractivity contribution < 1.29 is 47.2 Å². The monoisotopic (exact) mass is 609 g/mol. The molecular weight excluding hydrogens is 579 g/mol. The fourth-order valence-corrected chi connectivity index (χ4v) is 3.30. The first-order valence-corrected chi connectivity index (χ1v) is 12.8. The normalized spacial score (nSPS) is 10.9. The molecule has 1 aromatic heterocycles. The summed E-state index contributed by atoms with van der Waals surface area (Å²) < 4.78 is 52.5. The van der Waals surface area contributed by atoms with Gasteiger partial charge in [-0.3, -0.25) is 0 Å². The molecule has 2 aromatic carbocycles. The summed E-state index contributed by atoms with van der Waals surface area (Å²) >= 11 is 0. The molecule has 14 nitrogen and oxygen atoms in total. The summed E-state index contributed by atoms with van der Waals surface area (Å²) in [6.45, 7) is -1.94. The van der Waals surface area contributed by atoms with Gasteiger partial charge in [0, 0.05) is 25.3 Å². The number of alkyl halides is 3.